The lowest BCUT2D eigenvalue weighted by molar-refractivity contribution is 0.593. The second kappa shape index (κ2) is 6.02. The highest BCUT2D eigenvalue weighted by molar-refractivity contribution is 7.15. The summed E-state index contributed by atoms with van der Waals surface area (Å²) >= 11 is 13.9. The van der Waals surface area contributed by atoms with Crippen LogP contribution in [-0.4, -0.2) is 11.0 Å². The van der Waals surface area contributed by atoms with Gasteiger partial charge >= 0.3 is 0 Å². The number of nitrogens with zero attached hydrogens (tertiary/aromatic N) is 1. The van der Waals surface area contributed by atoms with Crippen LogP contribution in [0.5, 0.6) is 0 Å². The Morgan fingerprint density at radius 3 is 2.56 bits per heavy atom. The third kappa shape index (κ3) is 3.23. The first-order valence-electron chi connectivity index (χ1n) is 5.70. The molecule has 0 fully saturated rings. The molecule has 0 aliphatic carbocycles. The molecule has 2 aromatic rings. The Labute approximate surface area is 121 Å². The van der Waals surface area contributed by atoms with E-state index in [2.05, 4.69) is 24.1 Å². The fraction of sp³-hybridized carbons (Fsp3) is 0.308. The zero-order valence-corrected chi connectivity index (χ0v) is 12.5. The summed E-state index contributed by atoms with van der Waals surface area (Å²) in [5.74, 6) is 0. The molecule has 0 saturated heterocycles. The Kier molecular flexibility index (Phi) is 4.62. The number of rotatable bonds is 4. The van der Waals surface area contributed by atoms with E-state index in [1.54, 1.807) is 11.3 Å². The molecule has 0 aliphatic heterocycles. The predicted octanol–water partition coefficient (Wildman–Crippen LogP) is 4.61. The number of benzene rings is 1. The number of halogens is 2. The molecule has 0 aliphatic rings. The molecule has 1 aromatic carbocycles. The van der Waals surface area contributed by atoms with Gasteiger partial charge in [0.1, 0.15) is 5.01 Å². The Bertz CT molecular complexity index is 517. The van der Waals surface area contributed by atoms with Crippen molar-refractivity contribution in [3.8, 4) is 10.6 Å². The summed E-state index contributed by atoms with van der Waals surface area (Å²) in [5, 5.41) is 5.51. The van der Waals surface area contributed by atoms with Crippen molar-refractivity contribution in [2.75, 3.05) is 0 Å². The van der Waals surface area contributed by atoms with Crippen LogP contribution in [-0.2, 0) is 6.54 Å². The van der Waals surface area contributed by atoms with Gasteiger partial charge in [0.25, 0.3) is 0 Å². The first kappa shape index (κ1) is 13.8. The molecule has 1 aromatic heterocycles. The Morgan fingerprint density at radius 2 is 1.94 bits per heavy atom. The van der Waals surface area contributed by atoms with E-state index in [0.29, 0.717) is 16.1 Å². The molecule has 1 heterocycles. The molecule has 0 radical (unpaired) electrons. The second-order valence-corrected chi connectivity index (χ2v) is 6.19. The van der Waals surface area contributed by atoms with Gasteiger partial charge in [-0.25, -0.2) is 4.98 Å². The molecule has 0 bridgehead atoms. The van der Waals surface area contributed by atoms with Gasteiger partial charge < -0.3 is 5.32 Å². The normalized spacial score (nSPS) is 11.2. The highest BCUT2D eigenvalue weighted by atomic mass is 35.5. The van der Waals surface area contributed by atoms with Gasteiger partial charge in [-0.05, 0) is 12.1 Å². The topological polar surface area (TPSA) is 24.9 Å². The SMILES string of the molecule is CC(C)NCc1cnc(-c2c(Cl)cccc2Cl)s1. The van der Waals surface area contributed by atoms with E-state index in [-0.39, 0.29) is 0 Å². The molecule has 2 rings (SSSR count). The van der Waals surface area contributed by atoms with Gasteiger partial charge in [0.15, 0.2) is 0 Å². The summed E-state index contributed by atoms with van der Waals surface area (Å²) in [7, 11) is 0. The highest BCUT2D eigenvalue weighted by Gasteiger charge is 2.12. The number of aromatic nitrogens is 1. The molecular formula is C13H14Cl2N2S. The second-order valence-electron chi connectivity index (χ2n) is 4.26. The van der Waals surface area contributed by atoms with E-state index in [0.717, 1.165) is 17.1 Å². The molecular weight excluding hydrogens is 287 g/mol. The molecule has 18 heavy (non-hydrogen) atoms. The van der Waals surface area contributed by atoms with Crippen LogP contribution in [0.2, 0.25) is 10.0 Å². The first-order valence-corrected chi connectivity index (χ1v) is 7.27. The zero-order chi connectivity index (χ0) is 13.1. The van der Waals surface area contributed by atoms with E-state index in [9.17, 15) is 0 Å². The molecule has 1 N–H and O–H groups in total. The van der Waals surface area contributed by atoms with Crippen molar-refractivity contribution >= 4 is 34.5 Å². The van der Waals surface area contributed by atoms with Gasteiger partial charge in [0, 0.05) is 29.2 Å². The van der Waals surface area contributed by atoms with Crippen LogP contribution in [0.3, 0.4) is 0 Å². The van der Waals surface area contributed by atoms with Gasteiger partial charge in [-0.1, -0.05) is 43.1 Å². The monoisotopic (exact) mass is 300 g/mol. The van der Waals surface area contributed by atoms with Crippen molar-refractivity contribution < 1.29 is 0 Å². The van der Waals surface area contributed by atoms with E-state index in [4.69, 9.17) is 23.2 Å². The van der Waals surface area contributed by atoms with E-state index < -0.39 is 0 Å². The smallest absolute Gasteiger partial charge is 0.126 e. The van der Waals surface area contributed by atoms with Crippen molar-refractivity contribution in [3.05, 3.63) is 39.3 Å². The van der Waals surface area contributed by atoms with Crippen molar-refractivity contribution in [1.29, 1.82) is 0 Å². The van der Waals surface area contributed by atoms with Crippen LogP contribution in [0, 0.1) is 0 Å². The lowest BCUT2D eigenvalue weighted by Gasteiger charge is -2.05. The number of thiazole rings is 1. The first-order chi connectivity index (χ1) is 8.58. The highest BCUT2D eigenvalue weighted by Crippen LogP contribution is 2.36. The zero-order valence-electron chi connectivity index (χ0n) is 10.2. The molecule has 0 unspecified atom stereocenters. The third-order valence-electron chi connectivity index (χ3n) is 2.41. The lowest BCUT2D eigenvalue weighted by Crippen LogP contribution is -2.21. The number of nitrogens with one attached hydrogen (secondary N) is 1. The fourth-order valence-corrected chi connectivity index (χ4v) is 3.14. The minimum atomic E-state index is 0.458. The Hall–Kier alpha value is -0.610. The largest absolute Gasteiger partial charge is 0.310 e. The van der Waals surface area contributed by atoms with Crippen LogP contribution >= 0.6 is 34.5 Å². The van der Waals surface area contributed by atoms with Crippen LogP contribution in [0.1, 0.15) is 18.7 Å². The van der Waals surface area contributed by atoms with E-state index in [1.165, 1.54) is 4.88 Å². The third-order valence-corrected chi connectivity index (χ3v) is 4.06. The van der Waals surface area contributed by atoms with Gasteiger partial charge in [0.05, 0.1) is 10.0 Å². The van der Waals surface area contributed by atoms with Crippen LogP contribution in [0.4, 0.5) is 0 Å². The summed E-state index contributed by atoms with van der Waals surface area (Å²) in [5.41, 5.74) is 0.821. The molecule has 0 spiro atoms. The van der Waals surface area contributed by atoms with Crippen molar-refractivity contribution in [3.63, 3.8) is 0 Å². The van der Waals surface area contributed by atoms with Crippen LogP contribution < -0.4 is 5.32 Å². The fourth-order valence-electron chi connectivity index (χ4n) is 1.51. The van der Waals surface area contributed by atoms with Crippen LogP contribution in [0.15, 0.2) is 24.4 Å². The Morgan fingerprint density at radius 1 is 1.28 bits per heavy atom. The molecule has 96 valence electrons. The molecule has 2 nitrogen and oxygen atoms in total. The molecule has 0 saturated carbocycles. The maximum atomic E-state index is 6.17. The summed E-state index contributed by atoms with van der Waals surface area (Å²) in [6.45, 7) is 5.05. The van der Waals surface area contributed by atoms with Gasteiger partial charge in [-0.15, -0.1) is 11.3 Å². The van der Waals surface area contributed by atoms with Gasteiger partial charge in [0.2, 0.25) is 0 Å². The maximum Gasteiger partial charge on any atom is 0.126 e. The predicted molar refractivity (Wildman–Crippen MR) is 79.5 cm³/mol. The average Bonchev–Trinajstić information content (AvgIpc) is 2.75. The quantitative estimate of drug-likeness (QED) is 0.891. The summed E-state index contributed by atoms with van der Waals surface area (Å²) in [6, 6.07) is 5.95. The van der Waals surface area contributed by atoms with Gasteiger partial charge in [-0.2, -0.15) is 0 Å². The van der Waals surface area contributed by atoms with Crippen molar-refractivity contribution in [2.45, 2.75) is 26.4 Å². The van der Waals surface area contributed by atoms with Gasteiger partial charge in [-0.3, -0.25) is 0 Å². The van der Waals surface area contributed by atoms with Crippen molar-refractivity contribution in [2.24, 2.45) is 0 Å². The van der Waals surface area contributed by atoms with Crippen molar-refractivity contribution in [1.82, 2.24) is 10.3 Å². The lowest BCUT2D eigenvalue weighted by atomic mass is 10.2. The molecule has 0 atom stereocenters. The number of hydrogen-bond donors (Lipinski definition) is 1. The summed E-state index contributed by atoms with van der Waals surface area (Å²) in [6.07, 6.45) is 1.87. The maximum absolute atomic E-state index is 6.17. The van der Waals surface area contributed by atoms with E-state index in [1.807, 2.05) is 24.4 Å². The molecule has 5 heteroatoms. The van der Waals surface area contributed by atoms with E-state index >= 15 is 0 Å². The minimum Gasteiger partial charge on any atom is -0.310 e. The minimum absolute atomic E-state index is 0.458. The Balaban J connectivity index is 2.24. The standard InChI is InChI=1S/C13H14Cl2N2S/c1-8(2)16-6-9-7-17-13(18-9)12-10(14)4-3-5-11(12)15/h3-5,7-8,16H,6H2,1-2H3. The number of hydrogen-bond acceptors (Lipinski definition) is 3. The summed E-state index contributed by atoms with van der Waals surface area (Å²) < 4.78 is 0. The molecule has 0 amide bonds. The van der Waals surface area contributed by atoms with Crippen LogP contribution in [0.25, 0.3) is 10.6 Å². The average molecular weight is 301 g/mol. The summed E-state index contributed by atoms with van der Waals surface area (Å²) in [4.78, 5) is 5.57.